The van der Waals surface area contributed by atoms with E-state index in [0.717, 1.165) is 38.6 Å². The minimum atomic E-state index is -4.57. The van der Waals surface area contributed by atoms with E-state index in [1.165, 1.54) is 16.3 Å². The SMILES string of the molecule is Cc1cc(SCCN2CCOCC2)n2nc(C(F)(F)F)nc2n1. The van der Waals surface area contributed by atoms with E-state index in [1.807, 2.05) is 0 Å². The first-order valence-corrected chi connectivity index (χ1v) is 8.16. The van der Waals surface area contributed by atoms with Gasteiger partial charge in [-0.15, -0.1) is 16.9 Å². The second kappa shape index (κ2) is 6.62. The molecule has 0 radical (unpaired) electrons. The van der Waals surface area contributed by atoms with Gasteiger partial charge in [0.15, 0.2) is 0 Å². The summed E-state index contributed by atoms with van der Waals surface area (Å²) in [5.74, 6) is -0.434. The minimum Gasteiger partial charge on any atom is -0.379 e. The van der Waals surface area contributed by atoms with Gasteiger partial charge in [0.2, 0.25) is 0 Å². The Labute approximate surface area is 135 Å². The summed E-state index contributed by atoms with van der Waals surface area (Å²) in [4.78, 5) is 9.76. The molecular weight excluding hydrogens is 331 g/mol. The van der Waals surface area contributed by atoms with Gasteiger partial charge in [0, 0.05) is 31.1 Å². The van der Waals surface area contributed by atoms with Crippen LogP contribution >= 0.6 is 11.8 Å². The highest BCUT2D eigenvalue weighted by atomic mass is 32.2. The molecule has 0 spiro atoms. The molecule has 0 bridgehead atoms. The van der Waals surface area contributed by atoms with Crippen molar-refractivity contribution in [2.75, 3.05) is 38.6 Å². The van der Waals surface area contributed by atoms with Crippen LogP contribution in [0.1, 0.15) is 11.5 Å². The van der Waals surface area contributed by atoms with E-state index in [0.29, 0.717) is 10.7 Å². The molecule has 2 aromatic heterocycles. The van der Waals surface area contributed by atoms with E-state index in [9.17, 15) is 13.2 Å². The highest BCUT2D eigenvalue weighted by molar-refractivity contribution is 7.99. The molecule has 1 saturated heterocycles. The van der Waals surface area contributed by atoms with Gasteiger partial charge >= 0.3 is 6.18 Å². The van der Waals surface area contributed by atoms with Crippen molar-refractivity contribution in [3.05, 3.63) is 17.6 Å². The van der Waals surface area contributed by atoms with Crippen LogP contribution in [0.5, 0.6) is 0 Å². The van der Waals surface area contributed by atoms with Crippen LogP contribution in [0.15, 0.2) is 11.1 Å². The number of aromatic nitrogens is 4. The Bertz CT molecular complexity index is 684. The summed E-state index contributed by atoms with van der Waals surface area (Å²) in [5, 5.41) is 4.17. The average Bonchev–Trinajstić information content (AvgIpc) is 2.92. The van der Waals surface area contributed by atoms with Crippen molar-refractivity contribution in [3.8, 4) is 0 Å². The van der Waals surface area contributed by atoms with Gasteiger partial charge in [-0.05, 0) is 13.0 Å². The van der Waals surface area contributed by atoms with Crippen LogP contribution in [0.2, 0.25) is 0 Å². The van der Waals surface area contributed by atoms with E-state index < -0.39 is 12.0 Å². The second-order valence-corrected chi connectivity index (χ2v) is 6.30. The Hall–Kier alpha value is -1.39. The van der Waals surface area contributed by atoms with Crippen LogP contribution in [0.25, 0.3) is 5.78 Å². The molecule has 0 amide bonds. The van der Waals surface area contributed by atoms with Gasteiger partial charge in [-0.25, -0.2) is 4.98 Å². The van der Waals surface area contributed by atoms with Crippen molar-refractivity contribution in [2.45, 2.75) is 18.1 Å². The summed E-state index contributed by atoms with van der Waals surface area (Å²) in [6.45, 7) is 5.79. The minimum absolute atomic E-state index is 0.0220. The highest BCUT2D eigenvalue weighted by Gasteiger charge is 2.36. The summed E-state index contributed by atoms with van der Waals surface area (Å²) < 4.78 is 44.7. The number of halogens is 3. The van der Waals surface area contributed by atoms with Gasteiger partial charge in [0.25, 0.3) is 11.6 Å². The predicted octanol–water partition coefficient (Wildman–Crippen LogP) is 1.88. The van der Waals surface area contributed by atoms with Crippen molar-refractivity contribution in [1.29, 1.82) is 0 Å². The topological polar surface area (TPSA) is 55.6 Å². The maximum absolute atomic E-state index is 12.8. The summed E-state index contributed by atoms with van der Waals surface area (Å²) >= 11 is 1.45. The molecule has 0 saturated carbocycles. The van der Waals surface area contributed by atoms with Gasteiger partial charge in [-0.3, -0.25) is 4.90 Å². The monoisotopic (exact) mass is 347 g/mol. The van der Waals surface area contributed by atoms with E-state index in [4.69, 9.17) is 4.74 Å². The molecule has 23 heavy (non-hydrogen) atoms. The standard InChI is InChI=1S/C13H16F3N5OS/c1-9-8-10(23-7-4-20-2-5-22-6-3-20)21-12(17-9)18-11(19-21)13(14,15)16/h8H,2-7H2,1H3. The summed E-state index contributed by atoms with van der Waals surface area (Å²) in [7, 11) is 0. The fourth-order valence-electron chi connectivity index (χ4n) is 2.28. The number of nitrogens with zero attached hydrogens (tertiary/aromatic N) is 5. The van der Waals surface area contributed by atoms with E-state index in [2.05, 4.69) is 20.0 Å². The maximum atomic E-state index is 12.8. The van der Waals surface area contributed by atoms with Gasteiger partial charge in [-0.2, -0.15) is 22.7 Å². The number of hydrogen-bond donors (Lipinski definition) is 0. The highest BCUT2D eigenvalue weighted by Crippen LogP contribution is 2.28. The van der Waals surface area contributed by atoms with Crippen LogP contribution in [-0.2, 0) is 10.9 Å². The van der Waals surface area contributed by atoms with Crippen molar-refractivity contribution in [2.24, 2.45) is 0 Å². The predicted molar refractivity (Wildman–Crippen MR) is 78.5 cm³/mol. The Morgan fingerprint density at radius 2 is 2.00 bits per heavy atom. The number of hydrogen-bond acceptors (Lipinski definition) is 6. The third kappa shape index (κ3) is 3.93. The Balaban J connectivity index is 1.75. The molecule has 2 aromatic rings. The number of alkyl halides is 3. The molecule has 0 aliphatic carbocycles. The molecule has 0 N–H and O–H groups in total. The van der Waals surface area contributed by atoms with Gasteiger partial charge in [-0.1, -0.05) is 0 Å². The van der Waals surface area contributed by atoms with Gasteiger partial charge in [0.1, 0.15) is 5.03 Å². The van der Waals surface area contributed by atoms with Crippen molar-refractivity contribution in [1.82, 2.24) is 24.5 Å². The maximum Gasteiger partial charge on any atom is 0.453 e. The van der Waals surface area contributed by atoms with Crippen LogP contribution in [-0.4, -0.2) is 63.1 Å². The quantitative estimate of drug-likeness (QED) is 0.622. The molecule has 6 nitrogen and oxygen atoms in total. The number of fused-ring (bicyclic) bond motifs is 1. The first kappa shape index (κ1) is 16.5. The zero-order chi connectivity index (χ0) is 16.4. The number of rotatable bonds is 4. The van der Waals surface area contributed by atoms with Crippen molar-refractivity contribution < 1.29 is 17.9 Å². The zero-order valence-corrected chi connectivity index (χ0v) is 13.3. The molecule has 1 aliphatic heterocycles. The number of morpholine rings is 1. The van der Waals surface area contributed by atoms with E-state index in [-0.39, 0.29) is 5.78 Å². The van der Waals surface area contributed by atoms with Gasteiger partial charge in [0.05, 0.1) is 13.2 Å². The molecule has 0 aromatic carbocycles. The lowest BCUT2D eigenvalue weighted by Gasteiger charge is -2.26. The van der Waals surface area contributed by atoms with Crippen LogP contribution in [0.3, 0.4) is 0 Å². The molecule has 1 fully saturated rings. The lowest BCUT2D eigenvalue weighted by atomic mass is 10.4. The first-order valence-electron chi connectivity index (χ1n) is 7.18. The fourth-order valence-corrected chi connectivity index (χ4v) is 3.34. The van der Waals surface area contributed by atoms with E-state index in [1.54, 1.807) is 13.0 Å². The van der Waals surface area contributed by atoms with Crippen molar-refractivity contribution in [3.63, 3.8) is 0 Å². The third-order valence-electron chi connectivity index (χ3n) is 3.42. The molecule has 0 atom stereocenters. The van der Waals surface area contributed by atoms with Gasteiger partial charge < -0.3 is 4.74 Å². The van der Waals surface area contributed by atoms with E-state index >= 15 is 0 Å². The second-order valence-electron chi connectivity index (χ2n) is 5.18. The molecule has 126 valence electrons. The smallest absolute Gasteiger partial charge is 0.379 e. The molecule has 10 heteroatoms. The normalized spacial score (nSPS) is 17.0. The Kier molecular flexibility index (Phi) is 4.74. The van der Waals surface area contributed by atoms with Crippen LogP contribution in [0.4, 0.5) is 13.2 Å². The molecule has 3 heterocycles. The molecule has 1 aliphatic rings. The molecule has 0 unspecified atom stereocenters. The molecule has 3 rings (SSSR count). The lowest BCUT2D eigenvalue weighted by molar-refractivity contribution is -0.144. The molecular formula is C13H16F3N5OS. The first-order chi connectivity index (χ1) is 10.9. The third-order valence-corrected chi connectivity index (χ3v) is 4.40. The number of aryl methyl sites for hydroxylation is 1. The van der Waals surface area contributed by atoms with Crippen molar-refractivity contribution >= 4 is 17.5 Å². The fraction of sp³-hybridized carbons (Fsp3) is 0.615. The largest absolute Gasteiger partial charge is 0.453 e. The summed E-state index contributed by atoms with van der Waals surface area (Å²) in [5.41, 5.74) is 0.618. The summed E-state index contributed by atoms with van der Waals surface area (Å²) in [6.07, 6.45) is -4.57. The number of ether oxygens (including phenoxy) is 1. The van der Waals surface area contributed by atoms with Crippen LogP contribution in [0, 0.1) is 6.92 Å². The zero-order valence-electron chi connectivity index (χ0n) is 12.5. The van der Waals surface area contributed by atoms with Crippen LogP contribution < -0.4 is 0 Å². The lowest BCUT2D eigenvalue weighted by Crippen LogP contribution is -2.37. The Morgan fingerprint density at radius 3 is 2.70 bits per heavy atom. The number of thioether (sulfide) groups is 1. The Morgan fingerprint density at radius 1 is 1.26 bits per heavy atom. The average molecular weight is 347 g/mol. The summed E-state index contributed by atoms with van der Waals surface area (Å²) in [6, 6.07) is 1.73.